The van der Waals surface area contributed by atoms with Crippen LogP contribution in [0.2, 0.25) is 0 Å². The van der Waals surface area contributed by atoms with Crippen LogP contribution in [-0.4, -0.2) is 51.4 Å². The first-order valence-corrected chi connectivity index (χ1v) is 9.29. The maximum absolute atomic E-state index is 2.37. The molecule has 1 aromatic rings. The first kappa shape index (κ1) is 16.0. The number of quaternary nitrogens is 3. The van der Waals surface area contributed by atoms with E-state index in [1.165, 1.54) is 64.2 Å². The van der Waals surface area contributed by atoms with Gasteiger partial charge in [0.25, 0.3) is 0 Å². The third kappa shape index (κ3) is 4.09. The summed E-state index contributed by atoms with van der Waals surface area (Å²) in [5.74, 6) is 0. The summed E-state index contributed by atoms with van der Waals surface area (Å²) in [4.78, 5) is 5.51. The van der Waals surface area contributed by atoms with E-state index in [1.807, 2.05) is 9.80 Å². The topological polar surface area (TPSA) is 13.3 Å². The zero-order valence-corrected chi connectivity index (χ0v) is 14.4. The smallest absolute Gasteiger partial charge is 0.127 e. The van der Waals surface area contributed by atoms with Crippen LogP contribution in [0.15, 0.2) is 30.3 Å². The lowest BCUT2D eigenvalue weighted by atomic mass is 10.0. The Kier molecular flexibility index (Phi) is 5.51. The van der Waals surface area contributed by atoms with Crippen LogP contribution in [0.4, 0.5) is 0 Å². The number of benzene rings is 1. The van der Waals surface area contributed by atoms with Crippen molar-refractivity contribution in [2.24, 2.45) is 0 Å². The molecule has 0 bridgehead atoms. The molecule has 0 saturated carbocycles. The Morgan fingerprint density at radius 2 is 1.55 bits per heavy atom. The number of likely N-dealkylation sites (tertiary alicyclic amines) is 1. The molecule has 0 atom stereocenters. The molecule has 2 saturated heterocycles. The van der Waals surface area contributed by atoms with Gasteiger partial charge in [-0.05, 0) is 13.8 Å². The lowest BCUT2D eigenvalue weighted by Gasteiger charge is -2.38. The monoisotopic (exact) mass is 304 g/mol. The van der Waals surface area contributed by atoms with Crippen molar-refractivity contribution in [2.45, 2.75) is 45.3 Å². The highest BCUT2D eigenvalue weighted by molar-refractivity contribution is 5.13. The van der Waals surface area contributed by atoms with Crippen LogP contribution in [0.5, 0.6) is 0 Å². The molecular weight excluding hydrogens is 270 g/mol. The van der Waals surface area contributed by atoms with Crippen LogP contribution in [0.25, 0.3) is 0 Å². The summed E-state index contributed by atoms with van der Waals surface area (Å²) in [6.45, 7) is 14.2. The van der Waals surface area contributed by atoms with Crippen LogP contribution in [0.1, 0.15) is 32.3 Å². The van der Waals surface area contributed by atoms with E-state index in [1.54, 1.807) is 4.90 Å². The standard InChI is InChI=1S/C19H31N3/c1-17(2)21-12-14-22(15-13-21)19-8-10-20(11-9-19)16-18-6-4-3-5-7-18/h3-7,17,19H,8-16H2,1-2H3/p+3. The minimum Gasteiger partial charge on any atom is -0.331 e. The molecule has 3 N–H and O–H groups in total. The molecular formula is C19H34N3+3. The van der Waals surface area contributed by atoms with Crippen molar-refractivity contribution in [3.63, 3.8) is 0 Å². The molecule has 22 heavy (non-hydrogen) atoms. The zero-order chi connectivity index (χ0) is 15.4. The van der Waals surface area contributed by atoms with Crippen molar-refractivity contribution in [2.75, 3.05) is 39.3 Å². The number of rotatable bonds is 4. The molecule has 3 rings (SSSR count). The van der Waals surface area contributed by atoms with Gasteiger partial charge in [0.05, 0.1) is 25.2 Å². The average Bonchev–Trinajstić information content (AvgIpc) is 2.57. The molecule has 3 nitrogen and oxygen atoms in total. The Balaban J connectivity index is 1.42. The highest BCUT2D eigenvalue weighted by Crippen LogP contribution is 1.99. The molecule has 2 aliphatic rings. The summed E-state index contributed by atoms with van der Waals surface area (Å²) in [6.07, 6.45) is 2.85. The fourth-order valence-electron chi connectivity index (χ4n) is 4.37. The van der Waals surface area contributed by atoms with E-state index in [2.05, 4.69) is 44.2 Å². The minimum atomic E-state index is 0.804. The quantitative estimate of drug-likeness (QED) is 0.595. The van der Waals surface area contributed by atoms with Crippen molar-refractivity contribution in [1.29, 1.82) is 0 Å². The number of hydrogen-bond donors (Lipinski definition) is 3. The predicted molar refractivity (Wildman–Crippen MR) is 90.4 cm³/mol. The van der Waals surface area contributed by atoms with Crippen LogP contribution < -0.4 is 14.7 Å². The molecule has 0 unspecified atom stereocenters. The summed E-state index contributed by atoms with van der Waals surface area (Å²) in [7, 11) is 0. The van der Waals surface area contributed by atoms with Crippen molar-refractivity contribution < 1.29 is 14.7 Å². The molecule has 0 amide bonds. The minimum absolute atomic E-state index is 0.804. The first-order chi connectivity index (χ1) is 10.7. The molecule has 2 fully saturated rings. The van der Waals surface area contributed by atoms with Gasteiger partial charge < -0.3 is 14.7 Å². The lowest BCUT2D eigenvalue weighted by Crippen LogP contribution is -3.31. The fraction of sp³-hybridized carbons (Fsp3) is 0.684. The summed E-state index contributed by atoms with van der Waals surface area (Å²) >= 11 is 0. The SMILES string of the molecule is CC(C)[NH+]1CC[NH+](C2CC[NH+](Cc3ccccc3)CC2)CC1. The van der Waals surface area contributed by atoms with Crippen molar-refractivity contribution in [1.82, 2.24) is 0 Å². The normalized spacial score (nSPS) is 33.0. The second kappa shape index (κ2) is 7.58. The van der Waals surface area contributed by atoms with Gasteiger partial charge in [0.1, 0.15) is 32.7 Å². The van der Waals surface area contributed by atoms with Crippen LogP contribution in [0, 0.1) is 0 Å². The van der Waals surface area contributed by atoms with Gasteiger partial charge in [0.15, 0.2) is 0 Å². The second-order valence-electron chi connectivity index (χ2n) is 7.66. The molecule has 122 valence electrons. The average molecular weight is 305 g/mol. The van der Waals surface area contributed by atoms with Gasteiger partial charge in [-0.1, -0.05) is 30.3 Å². The molecule has 0 aromatic heterocycles. The molecule has 2 heterocycles. The van der Waals surface area contributed by atoms with E-state index in [4.69, 9.17) is 0 Å². The van der Waals surface area contributed by atoms with Crippen molar-refractivity contribution >= 4 is 0 Å². The molecule has 3 heteroatoms. The van der Waals surface area contributed by atoms with E-state index in [0.29, 0.717) is 0 Å². The summed E-state index contributed by atoms with van der Waals surface area (Å²) < 4.78 is 0. The van der Waals surface area contributed by atoms with Crippen molar-refractivity contribution in [3.8, 4) is 0 Å². The number of piperazine rings is 1. The van der Waals surface area contributed by atoms with Crippen LogP contribution in [0.3, 0.4) is 0 Å². The Labute approximate surface area is 135 Å². The van der Waals surface area contributed by atoms with Crippen LogP contribution >= 0.6 is 0 Å². The maximum Gasteiger partial charge on any atom is 0.127 e. The Hall–Kier alpha value is -0.900. The third-order valence-electron chi connectivity index (χ3n) is 5.92. The van der Waals surface area contributed by atoms with Gasteiger partial charge in [0.2, 0.25) is 0 Å². The first-order valence-electron chi connectivity index (χ1n) is 9.29. The van der Waals surface area contributed by atoms with E-state index >= 15 is 0 Å². The van der Waals surface area contributed by atoms with Gasteiger partial charge in [-0.2, -0.15) is 0 Å². The van der Waals surface area contributed by atoms with E-state index < -0.39 is 0 Å². The molecule has 0 radical (unpaired) electrons. The highest BCUT2D eigenvalue weighted by Gasteiger charge is 2.34. The maximum atomic E-state index is 2.37. The highest BCUT2D eigenvalue weighted by atomic mass is 15.3. The molecule has 0 aliphatic carbocycles. The van der Waals surface area contributed by atoms with Gasteiger partial charge in [-0.3, -0.25) is 0 Å². The van der Waals surface area contributed by atoms with E-state index in [-0.39, 0.29) is 0 Å². The zero-order valence-electron chi connectivity index (χ0n) is 14.4. The van der Waals surface area contributed by atoms with Crippen LogP contribution in [-0.2, 0) is 6.54 Å². The number of nitrogens with one attached hydrogen (secondary N) is 3. The fourth-order valence-corrected chi connectivity index (χ4v) is 4.37. The van der Waals surface area contributed by atoms with E-state index in [0.717, 1.165) is 12.1 Å². The van der Waals surface area contributed by atoms with Gasteiger partial charge in [0, 0.05) is 18.4 Å². The Morgan fingerprint density at radius 3 is 2.14 bits per heavy atom. The molecule has 1 aromatic carbocycles. The van der Waals surface area contributed by atoms with E-state index in [9.17, 15) is 0 Å². The van der Waals surface area contributed by atoms with Crippen molar-refractivity contribution in [3.05, 3.63) is 35.9 Å². The Bertz CT molecular complexity index is 429. The molecule has 2 aliphatic heterocycles. The summed E-state index contributed by atoms with van der Waals surface area (Å²) in [5.41, 5.74) is 1.50. The van der Waals surface area contributed by atoms with Gasteiger partial charge >= 0.3 is 0 Å². The number of hydrogen-bond acceptors (Lipinski definition) is 0. The Morgan fingerprint density at radius 1 is 0.909 bits per heavy atom. The predicted octanol–water partition coefficient (Wildman–Crippen LogP) is -1.57. The molecule has 0 spiro atoms. The van der Waals surface area contributed by atoms with Gasteiger partial charge in [-0.15, -0.1) is 0 Å². The second-order valence-corrected chi connectivity index (χ2v) is 7.66. The lowest BCUT2D eigenvalue weighted by molar-refractivity contribution is -1.04. The third-order valence-corrected chi connectivity index (χ3v) is 5.92. The summed E-state index contributed by atoms with van der Waals surface area (Å²) in [6, 6.07) is 12.8. The number of piperidine rings is 1. The summed E-state index contributed by atoms with van der Waals surface area (Å²) in [5, 5.41) is 0. The van der Waals surface area contributed by atoms with Gasteiger partial charge in [-0.25, -0.2) is 0 Å². The largest absolute Gasteiger partial charge is 0.331 e.